The number of pyridine rings is 1. The van der Waals surface area contributed by atoms with E-state index in [2.05, 4.69) is 59.9 Å². The number of aromatic nitrogens is 1. The Morgan fingerprint density at radius 1 is 1.40 bits per heavy atom. The number of anilines is 1. The van der Waals surface area contributed by atoms with E-state index in [0.29, 0.717) is 6.04 Å². The maximum atomic E-state index is 4.69. The van der Waals surface area contributed by atoms with E-state index in [4.69, 9.17) is 4.98 Å². The highest BCUT2D eigenvalue weighted by molar-refractivity contribution is 9.10. The summed E-state index contributed by atoms with van der Waals surface area (Å²) < 4.78 is 1.05. The van der Waals surface area contributed by atoms with Crippen molar-refractivity contribution in [1.82, 2.24) is 10.3 Å². The molecule has 1 fully saturated rings. The van der Waals surface area contributed by atoms with E-state index in [9.17, 15) is 0 Å². The van der Waals surface area contributed by atoms with Crippen LogP contribution in [0.25, 0.3) is 0 Å². The Hall–Kier alpha value is -0.610. The topological polar surface area (TPSA) is 28.2 Å². The summed E-state index contributed by atoms with van der Waals surface area (Å²) in [6.45, 7) is 10.9. The molecule has 0 aromatic carbocycles. The van der Waals surface area contributed by atoms with Crippen LogP contribution in [0, 0.1) is 0 Å². The quantitative estimate of drug-likeness (QED) is 0.897. The maximum Gasteiger partial charge on any atom is 0.133 e. The summed E-state index contributed by atoms with van der Waals surface area (Å²) in [6.07, 6.45) is 5.79. The molecule has 1 aliphatic rings. The van der Waals surface area contributed by atoms with Crippen molar-refractivity contribution in [1.29, 1.82) is 0 Å². The minimum absolute atomic E-state index is 0.118. The van der Waals surface area contributed by atoms with Crippen molar-refractivity contribution in [3.05, 3.63) is 22.3 Å². The molecule has 3 nitrogen and oxygen atoms in total. The number of nitrogens with zero attached hydrogens (tertiary/aromatic N) is 2. The Kier molecular flexibility index (Phi) is 5.08. The van der Waals surface area contributed by atoms with E-state index in [0.717, 1.165) is 23.4 Å². The lowest BCUT2D eigenvalue weighted by atomic mass is 10.0. The number of halogens is 1. The highest BCUT2D eigenvalue weighted by Gasteiger charge is 2.22. The monoisotopic (exact) mass is 339 g/mol. The molecule has 1 aromatic heterocycles. The Bertz CT molecular complexity index is 454. The third-order valence-corrected chi connectivity index (χ3v) is 4.23. The Morgan fingerprint density at radius 2 is 2.15 bits per heavy atom. The van der Waals surface area contributed by atoms with Gasteiger partial charge in [0.15, 0.2) is 0 Å². The molecule has 0 amide bonds. The summed E-state index contributed by atoms with van der Waals surface area (Å²) in [4.78, 5) is 7.16. The molecule has 0 saturated carbocycles. The fourth-order valence-corrected chi connectivity index (χ4v) is 3.01. The van der Waals surface area contributed by atoms with Crippen molar-refractivity contribution in [2.45, 2.75) is 65.1 Å². The van der Waals surface area contributed by atoms with E-state index in [-0.39, 0.29) is 5.54 Å². The lowest BCUT2D eigenvalue weighted by molar-refractivity contribution is 0.422. The van der Waals surface area contributed by atoms with Crippen LogP contribution in [0.4, 0.5) is 5.82 Å². The van der Waals surface area contributed by atoms with Crippen LogP contribution in [0.1, 0.15) is 52.5 Å². The SMILES string of the molecule is CC1CCCCN1c1ncc(Br)cc1CNC(C)(C)C. The van der Waals surface area contributed by atoms with Gasteiger partial charge in [-0.1, -0.05) is 0 Å². The summed E-state index contributed by atoms with van der Waals surface area (Å²) in [6, 6.07) is 2.79. The molecule has 1 atom stereocenters. The van der Waals surface area contributed by atoms with E-state index in [1.165, 1.54) is 24.8 Å². The third-order valence-electron chi connectivity index (χ3n) is 3.79. The second-order valence-electron chi connectivity index (χ2n) is 6.78. The molecule has 0 radical (unpaired) electrons. The largest absolute Gasteiger partial charge is 0.354 e. The third kappa shape index (κ3) is 4.19. The van der Waals surface area contributed by atoms with Crippen LogP contribution in [-0.2, 0) is 6.54 Å². The summed E-state index contributed by atoms with van der Waals surface area (Å²) >= 11 is 3.55. The molecule has 112 valence electrons. The average Bonchev–Trinajstić information content (AvgIpc) is 2.37. The van der Waals surface area contributed by atoms with Gasteiger partial charge in [-0.2, -0.15) is 0 Å². The van der Waals surface area contributed by atoms with Crippen molar-refractivity contribution in [3.63, 3.8) is 0 Å². The summed E-state index contributed by atoms with van der Waals surface area (Å²) in [7, 11) is 0. The number of rotatable bonds is 3. The number of nitrogens with one attached hydrogen (secondary N) is 1. The van der Waals surface area contributed by atoms with Gasteiger partial charge in [0, 0.05) is 40.9 Å². The molecular formula is C16H26BrN3. The van der Waals surface area contributed by atoms with Gasteiger partial charge in [-0.25, -0.2) is 4.98 Å². The van der Waals surface area contributed by atoms with Gasteiger partial charge >= 0.3 is 0 Å². The van der Waals surface area contributed by atoms with Crippen molar-refractivity contribution >= 4 is 21.7 Å². The maximum absolute atomic E-state index is 4.69. The van der Waals surface area contributed by atoms with Gasteiger partial charge in [0.1, 0.15) is 5.82 Å². The van der Waals surface area contributed by atoms with E-state index < -0.39 is 0 Å². The lowest BCUT2D eigenvalue weighted by Gasteiger charge is -2.36. The fraction of sp³-hybridized carbons (Fsp3) is 0.688. The first kappa shape index (κ1) is 15.8. The molecule has 4 heteroatoms. The average molecular weight is 340 g/mol. The number of piperidine rings is 1. The minimum atomic E-state index is 0.118. The summed E-state index contributed by atoms with van der Waals surface area (Å²) in [5.74, 6) is 1.15. The van der Waals surface area contributed by atoms with Crippen LogP contribution in [0.2, 0.25) is 0 Å². The Labute approximate surface area is 131 Å². The normalized spacial score (nSPS) is 20.2. The Balaban J connectivity index is 2.23. The fourth-order valence-electron chi connectivity index (χ4n) is 2.64. The number of hydrogen-bond donors (Lipinski definition) is 1. The van der Waals surface area contributed by atoms with Gasteiger partial charge in [-0.3, -0.25) is 0 Å². The first-order chi connectivity index (χ1) is 9.37. The van der Waals surface area contributed by atoms with E-state index in [1.807, 2.05) is 6.20 Å². The van der Waals surface area contributed by atoms with Crippen LogP contribution in [0.3, 0.4) is 0 Å². The van der Waals surface area contributed by atoms with Crippen molar-refractivity contribution in [2.24, 2.45) is 0 Å². The molecule has 0 spiro atoms. The van der Waals surface area contributed by atoms with Crippen LogP contribution in [-0.4, -0.2) is 23.1 Å². The van der Waals surface area contributed by atoms with E-state index >= 15 is 0 Å². The van der Waals surface area contributed by atoms with Gasteiger partial charge in [0.05, 0.1) is 0 Å². The van der Waals surface area contributed by atoms with Gasteiger partial charge < -0.3 is 10.2 Å². The highest BCUT2D eigenvalue weighted by Crippen LogP contribution is 2.28. The molecular weight excluding hydrogens is 314 g/mol. The van der Waals surface area contributed by atoms with Crippen molar-refractivity contribution in [3.8, 4) is 0 Å². The predicted octanol–water partition coefficient (Wildman–Crippen LogP) is 4.11. The molecule has 1 aliphatic heterocycles. The Morgan fingerprint density at radius 3 is 2.80 bits per heavy atom. The second-order valence-corrected chi connectivity index (χ2v) is 7.69. The zero-order valence-corrected chi connectivity index (χ0v) is 14.6. The number of hydrogen-bond acceptors (Lipinski definition) is 3. The van der Waals surface area contributed by atoms with Gasteiger partial charge in [0.25, 0.3) is 0 Å². The highest BCUT2D eigenvalue weighted by atomic mass is 79.9. The molecule has 2 heterocycles. The van der Waals surface area contributed by atoms with E-state index in [1.54, 1.807) is 0 Å². The molecule has 1 unspecified atom stereocenters. The van der Waals surface area contributed by atoms with Crippen LogP contribution in [0.5, 0.6) is 0 Å². The molecule has 20 heavy (non-hydrogen) atoms. The van der Waals surface area contributed by atoms with Gasteiger partial charge in [-0.05, 0) is 69.0 Å². The summed E-state index contributed by atoms with van der Waals surface area (Å²) in [5.41, 5.74) is 1.40. The lowest BCUT2D eigenvalue weighted by Crippen LogP contribution is -2.40. The second kappa shape index (κ2) is 6.44. The van der Waals surface area contributed by atoms with Gasteiger partial charge in [0.2, 0.25) is 0 Å². The predicted molar refractivity (Wildman–Crippen MR) is 89.2 cm³/mol. The van der Waals surface area contributed by atoms with Gasteiger partial charge in [-0.15, -0.1) is 0 Å². The molecule has 1 aromatic rings. The smallest absolute Gasteiger partial charge is 0.133 e. The van der Waals surface area contributed by atoms with Crippen molar-refractivity contribution < 1.29 is 0 Å². The molecule has 1 N–H and O–H groups in total. The zero-order chi connectivity index (χ0) is 14.8. The first-order valence-electron chi connectivity index (χ1n) is 7.53. The molecule has 0 aliphatic carbocycles. The molecule has 1 saturated heterocycles. The van der Waals surface area contributed by atoms with Crippen LogP contribution in [0.15, 0.2) is 16.7 Å². The minimum Gasteiger partial charge on any atom is -0.354 e. The zero-order valence-electron chi connectivity index (χ0n) is 13.0. The van der Waals surface area contributed by atoms with Crippen LogP contribution >= 0.6 is 15.9 Å². The standard InChI is InChI=1S/C16H26BrN3/c1-12-7-5-6-8-20(12)15-13(9-14(17)11-18-15)10-19-16(2,3)4/h9,11-12,19H,5-8,10H2,1-4H3. The van der Waals surface area contributed by atoms with Crippen molar-refractivity contribution in [2.75, 3.05) is 11.4 Å². The van der Waals surface area contributed by atoms with Crippen LogP contribution < -0.4 is 10.2 Å². The first-order valence-corrected chi connectivity index (χ1v) is 8.32. The summed E-state index contributed by atoms with van der Waals surface area (Å²) in [5, 5.41) is 3.57. The molecule has 0 bridgehead atoms. The molecule has 2 rings (SSSR count).